The summed E-state index contributed by atoms with van der Waals surface area (Å²) in [5.74, 6) is -0.0432. The Morgan fingerprint density at radius 3 is 2.36 bits per heavy atom. The van der Waals surface area contributed by atoms with E-state index in [2.05, 4.69) is 13.8 Å². The van der Waals surface area contributed by atoms with E-state index in [1.54, 1.807) is 6.92 Å². The largest absolute Gasteiger partial charge is 0.393 e. The Morgan fingerprint density at radius 2 is 1.69 bits per heavy atom. The third kappa shape index (κ3) is 2.89. The second kappa shape index (κ2) is 7.44. The van der Waals surface area contributed by atoms with Crippen LogP contribution in [0.2, 0.25) is 0 Å². The van der Waals surface area contributed by atoms with Crippen LogP contribution in [0.3, 0.4) is 0 Å². The fourth-order valence-electron chi connectivity index (χ4n) is 10.1. The summed E-state index contributed by atoms with van der Waals surface area (Å²) in [6, 6.07) is 0. The quantitative estimate of drug-likeness (QED) is 0.438. The molecule has 4 fully saturated rings. The van der Waals surface area contributed by atoms with Gasteiger partial charge < -0.3 is 25.2 Å². The van der Waals surface area contributed by atoms with Crippen LogP contribution in [0, 0.1) is 40.4 Å². The molecule has 6 aliphatic rings. The average Bonchev–Trinajstić information content (AvgIpc) is 3.57. The highest BCUT2D eigenvalue weighted by atomic mass is 16.6. The lowest BCUT2D eigenvalue weighted by atomic mass is 9.42. The number of epoxide rings is 1. The predicted molar refractivity (Wildman–Crippen MR) is 135 cm³/mol. The summed E-state index contributed by atoms with van der Waals surface area (Å²) in [7, 11) is 0. The second-order valence-corrected chi connectivity index (χ2v) is 14.6. The zero-order valence-electron chi connectivity index (χ0n) is 22.9. The monoisotopic (exact) mass is 502 g/mol. The number of ether oxygens (including phenoxy) is 1. The summed E-state index contributed by atoms with van der Waals surface area (Å²) in [6.07, 6.45) is 4.58. The molecule has 12 atom stereocenters. The summed E-state index contributed by atoms with van der Waals surface area (Å²) < 4.78 is 6.01. The van der Waals surface area contributed by atoms with Crippen LogP contribution in [0.5, 0.6) is 0 Å². The molecule has 0 bridgehead atoms. The molecule has 0 aromatic carbocycles. The minimum atomic E-state index is -1.20. The zero-order valence-corrected chi connectivity index (χ0v) is 22.9. The van der Waals surface area contributed by atoms with Gasteiger partial charge in [-0.15, -0.1) is 0 Å². The minimum absolute atomic E-state index is 0.00506. The first-order valence-electron chi connectivity index (χ1n) is 14.4. The molecule has 6 nitrogen and oxygen atoms in total. The molecule has 202 valence electrons. The zero-order chi connectivity index (χ0) is 26.2. The number of carbonyl (C=O) groups is 1. The van der Waals surface area contributed by atoms with E-state index in [4.69, 9.17) is 4.74 Å². The Kier molecular flexibility index (Phi) is 5.27. The number of allylic oxidation sites excluding steroid dienone is 1. The number of rotatable bonds is 4. The van der Waals surface area contributed by atoms with Crippen LogP contribution in [0.15, 0.2) is 11.1 Å². The summed E-state index contributed by atoms with van der Waals surface area (Å²) >= 11 is 0. The van der Waals surface area contributed by atoms with Crippen LogP contribution in [-0.4, -0.2) is 61.3 Å². The Hall–Kier alpha value is -0.790. The number of Topliss-reactive ketones (excluding diaryl/α,β-unsaturated/α-hetero) is 1. The average molecular weight is 503 g/mol. The molecule has 6 heteroatoms. The first-order chi connectivity index (χ1) is 16.6. The molecule has 0 unspecified atom stereocenters. The number of aliphatic hydroxyl groups is 4. The molecule has 36 heavy (non-hydrogen) atoms. The van der Waals surface area contributed by atoms with Crippen molar-refractivity contribution in [2.45, 2.75) is 128 Å². The van der Waals surface area contributed by atoms with Gasteiger partial charge in [-0.25, -0.2) is 0 Å². The highest BCUT2D eigenvalue weighted by Gasteiger charge is 2.75. The number of fused-ring (bicyclic) bond motifs is 2. The summed E-state index contributed by atoms with van der Waals surface area (Å²) in [5.41, 5.74) is -2.30. The SMILES string of the molecule is CC(C)[C@@](C)(O)[C@H]1O[C@@H]1[C@](C)(O)[C@H]1C[C@@H]2CCC3=C4[C@H](CC[C@@]1(C)[C@]42O)[C@@]1(C)CC[C@H](O)C[C@H]1C3=O. The molecule has 0 aromatic rings. The maximum atomic E-state index is 13.9. The van der Waals surface area contributed by atoms with E-state index in [0.717, 1.165) is 36.8 Å². The molecule has 1 heterocycles. The van der Waals surface area contributed by atoms with Gasteiger partial charge in [-0.1, -0.05) is 27.7 Å². The first kappa shape index (κ1) is 25.5. The standard InChI is InChI=1S/C30H46O6/c1-15(2)28(5,33)24-25(36-24)29(6,34)21-13-16-7-8-18-22-19(10-12-27(21,4)30(16,22)35)26(3)11-9-17(31)14-20(26)23(18)32/h15-17,19-21,24-25,31,33-35H,7-14H2,1-6H3/t16-,17-,19-,20-,21-,24-,25-,26+,27+,28+,29+,30+/m0/s1. The molecule has 1 aliphatic heterocycles. The third-order valence-electron chi connectivity index (χ3n) is 12.8. The molecule has 1 saturated heterocycles. The number of ketones is 1. The van der Waals surface area contributed by atoms with Crippen LogP contribution in [-0.2, 0) is 9.53 Å². The first-order valence-corrected chi connectivity index (χ1v) is 14.4. The minimum Gasteiger partial charge on any atom is -0.393 e. The van der Waals surface area contributed by atoms with E-state index in [1.165, 1.54) is 0 Å². The number of aliphatic hydroxyl groups excluding tert-OH is 1. The Bertz CT molecular complexity index is 1010. The van der Waals surface area contributed by atoms with Crippen molar-refractivity contribution in [2.75, 3.05) is 0 Å². The van der Waals surface area contributed by atoms with Crippen molar-refractivity contribution in [3.63, 3.8) is 0 Å². The number of hydrogen-bond donors (Lipinski definition) is 4. The number of hydrogen-bond acceptors (Lipinski definition) is 6. The molecule has 4 N–H and O–H groups in total. The smallest absolute Gasteiger partial charge is 0.162 e. The topological polar surface area (TPSA) is 111 Å². The molecule has 6 rings (SSSR count). The van der Waals surface area contributed by atoms with Crippen LogP contribution >= 0.6 is 0 Å². The van der Waals surface area contributed by atoms with E-state index in [9.17, 15) is 25.2 Å². The molecule has 0 amide bonds. The lowest BCUT2D eigenvalue weighted by molar-refractivity contribution is -0.164. The van der Waals surface area contributed by atoms with Gasteiger partial charge in [-0.2, -0.15) is 0 Å². The van der Waals surface area contributed by atoms with Crippen molar-refractivity contribution in [3.05, 3.63) is 11.1 Å². The van der Waals surface area contributed by atoms with Crippen molar-refractivity contribution in [1.29, 1.82) is 0 Å². The molecule has 0 spiro atoms. The highest BCUT2D eigenvalue weighted by Crippen LogP contribution is 2.73. The van der Waals surface area contributed by atoms with Gasteiger partial charge in [0, 0.05) is 11.3 Å². The van der Waals surface area contributed by atoms with Gasteiger partial charge in [0.05, 0.1) is 22.9 Å². The van der Waals surface area contributed by atoms with Crippen molar-refractivity contribution in [1.82, 2.24) is 0 Å². The molecular formula is C30H46O6. The van der Waals surface area contributed by atoms with E-state index >= 15 is 0 Å². The van der Waals surface area contributed by atoms with Crippen LogP contribution in [0.25, 0.3) is 0 Å². The van der Waals surface area contributed by atoms with Crippen molar-refractivity contribution in [3.8, 4) is 0 Å². The molecule has 5 aliphatic carbocycles. The highest BCUT2D eigenvalue weighted by molar-refractivity contribution is 6.00. The maximum absolute atomic E-state index is 13.9. The number of carbonyl (C=O) groups excluding carboxylic acids is 1. The predicted octanol–water partition coefficient (Wildman–Crippen LogP) is 3.54. The van der Waals surface area contributed by atoms with Gasteiger partial charge in [0.1, 0.15) is 12.2 Å². The van der Waals surface area contributed by atoms with E-state index < -0.39 is 40.5 Å². The van der Waals surface area contributed by atoms with E-state index in [0.29, 0.717) is 25.7 Å². The van der Waals surface area contributed by atoms with E-state index in [1.807, 2.05) is 20.8 Å². The molecular weight excluding hydrogens is 456 g/mol. The summed E-state index contributed by atoms with van der Waals surface area (Å²) in [6.45, 7) is 11.9. The fraction of sp³-hybridized carbons (Fsp3) is 0.900. The van der Waals surface area contributed by atoms with Crippen molar-refractivity contribution >= 4 is 5.78 Å². The normalized spacial score (nSPS) is 53.0. The lowest BCUT2D eigenvalue weighted by Gasteiger charge is -2.63. The summed E-state index contributed by atoms with van der Waals surface area (Å²) in [5, 5.41) is 46.4. The Labute approximate surface area is 215 Å². The van der Waals surface area contributed by atoms with Gasteiger partial charge >= 0.3 is 0 Å². The van der Waals surface area contributed by atoms with Crippen molar-refractivity contribution < 1.29 is 30.0 Å². The molecule has 0 radical (unpaired) electrons. The molecule has 0 aromatic heterocycles. The third-order valence-corrected chi connectivity index (χ3v) is 12.8. The Balaban J connectivity index is 1.40. The summed E-state index contributed by atoms with van der Waals surface area (Å²) in [4.78, 5) is 13.9. The van der Waals surface area contributed by atoms with Crippen LogP contribution in [0.4, 0.5) is 0 Å². The molecule has 3 saturated carbocycles. The second-order valence-electron chi connectivity index (χ2n) is 14.6. The van der Waals surface area contributed by atoms with E-state index in [-0.39, 0.29) is 40.8 Å². The van der Waals surface area contributed by atoms with Crippen LogP contribution in [0.1, 0.15) is 92.9 Å². The maximum Gasteiger partial charge on any atom is 0.162 e. The van der Waals surface area contributed by atoms with Gasteiger partial charge in [-0.3, -0.25) is 4.79 Å². The Morgan fingerprint density at radius 1 is 1.00 bits per heavy atom. The lowest BCUT2D eigenvalue weighted by Crippen LogP contribution is -2.64. The fourth-order valence-corrected chi connectivity index (χ4v) is 10.1. The van der Waals surface area contributed by atoms with Gasteiger partial charge in [0.2, 0.25) is 0 Å². The van der Waals surface area contributed by atoms with Gasteiger partial charge in [0.15, 0.2) is 5.78 Å². The van der Waals surface area contributed by atoms with Gasteiger partial charge in [-0.05, 0) is 105 Å². The van der Waals surface area contributed by atoms with Crippen molar-refractivity contribution in [2.24, 2.45) is 40.4 Å². The van der Waals surface area contributed by atoms with Crippen LogP contribution < -0.4 is 0 Å². The van der Waals surface area contributed by atoms with Gasteiger partial charge in [0.25, 0.3) is 0 Å².